The molecule has 0 aliphatic rings. The number of aliphatic hydroxyl groups excluding tert-OH is 1. The Balaban J connectivity index is -0.000000338. The van der Waals surface area contributed by atoms with Crippen molar-refractivity contribution in [2.75, 3.05) is 11.9 Å². The molecule has 0 atom stereocenters. The summed E-state index contributed by atoms with van der Waals surface area (Å²) in [5.74, 6) is 0. The molecular formula is C20H39Br4OP. The van der Waals surface area contributed by atoms with Crippen molar-refractivity contribution in [2.24, 2.45) is 0 Å². The lowest BCUT2D eigenvalue weighted by Crippen LogP contribution is -1.83. The Labute approximate surface area is 197 Å². The van der Waals surface area contributed by atoms with Crippen LogP contribution in [0.1, 0.15) is 89.9 Å². The first-order chi connectivity index (χ1) is 12.6. The second-order valence-electron chi connectivity index (χ2n) is 6.00. The molecule has 0 fully saturated rings. The molecule has 0 amide bonds. The largest absolute Gasteiger partial charge is 0.396 e. The molecule has 158 valence electrons. The van der Waals surface area contributed by atoms with Gasteiger partial charge in [-0.25, -0.2) is 0 Å². The number of rotatable bonds is 16. The first-order valence-corrected chi connectivity index (χ1v) is 18.2. The highest BCUT2D eigenvalue weighted by Crippen LogP contribution is 2.59. The molecule has 0 aliphatic carbocycles. The summed E-state index contributed by atoms with van der Waals surface area (Å²) in [6, 6.07) is 0. The topological polar surface area (TPSA) is 20.2 Å². The van der Waals surface area contributed by atoms with Gasteiger partial charge in [-0.15, -0.1) is 13.2 Å². The van der Waals surface area contributed by atoms with Crippen molar-refractivity contribution in [1.29, 1.82) is 0 Å². The number of unbranched alkanes of at least 4 members (excludes halogenated alkanes) is 12. The molecule has 0 aromatic heterocycles. The molecule has 6 heteroatoms. The van der Waals surface area contributed by atoms with Crippen LogP contribution in [0.15, 0.2) is 25.3 Å². The Morgan fingerprint density at radius 2 is 0.923 bits per heavy atom. The van der Waals surface area contributed by atoms with E-state index in [1.807, 2.05) is 12.2 Å². The summed E-state index contributed by atoms with van der Waals surface area (Å²) in [6.07, 6.45) is 21.9. The van der Waals surface area contributed by atoms with Crippen LogP contribution in [0.2, 0.25) is 0 Å². The SMILES string of the molecule is BrP(Br)Br.C=CCCCCCCCCBr.C=CCCCCCCCCO. The molecule has 0 spiro atoms. The number of aliphatic hydroxyl groups is 1. The molecular weight excluding hydrogens is 607 g/mol. The molecule has 0 saturated carbocycles. The lowest BCUT2D eigenvalue weighted by molar-refractivity contribution is 0.282. The summed E-state index contributed by atoms with van der Waals surface area (Å²) in [5, 5.41) is 9.66. The Morgan fingerprint density at radius 1 is 0.615 bits per heavy atom. The van der Waals surface area contributed by atoms with Gasteiger partial charge in [0.05, 0.1) is 0 Å². The first-order valence-electron chi connectivity index (χ1n) is 9.72. The van der Waals surface area contributed by atoms with Gasteiger partial charge in [0.1, 0.15) is 4.03 Å². The maximum atomic E-state index is 8.49. The molecule has 1 nitrogen and oxygen atoms in total. The number of alkyl halides is 1. The third-order valence-corrected chi connectivity index (χ3v) is 4.17. The Bertz CT molecular complexity index is 229. The summed E-state index contributed by atoms with van der Waals surface area (Å²) in [7, 11) is 0. The molecule has 0 heterocycles. The van der Waals surface area contributed by atoms with Crippen LogP contribution in [0.5, 0.6) is 0 Å². The first kappa shape index (κ1) is 32.5. The van der Waals surface area contributed by atoms with Crippen molar-refractivity contribution in [3.63, 3.8) is 0 Å². The summed E-state index contributed by atoms with van der Waals surface area (Å²) in [5.41, 5.74) is 0. The minimum atomic E-state index is -0.183. The number of hydrogen-bond donors (Lipinski definition) is 1. The number of allylic oxidation sites excluding steroid dienone is 2. The van der Waals surface area contributed by atoms with Gasteiger partial charge >= 0.3 is 0 Å². The molecule has 0 saturated heterocycles. The molecule has 0 aliphatic heterocycles. The van der Waals surface area contributed by atoms with Crippen molar-refractivity contribution in [3.05, 3.63) is 25.3 Å². The van der Waals surface area contributed by atoms with Gasteiger partial charge < -0.3 is 5.11 Å². The molecule has 1 N–H and O–H groups in total. The maximum absolute atomic E-state index is 8.49. The van der Waals surface area contributed by atoms with E-state index in [0.29, 0.717) is 6.61 Å². The van der Waals surface area contributed by atoms with Crippen molar-refractivity contribution < 1.29 is 5.11 Å². The van der Waals surface area contributed by atoms with Crippen LogP contribution in [0.25, 0.3) is 0 Å². The highest BCUT2D eigenvalue weighted by molar-refractivity contribution is 9.93. The van der Waals surface area contributed by atoms with Gasteiger partial charge in [0, 0.05) is 11.9 Å². The zero-order valence-corrected chi connectivity index (χ0v) is 23.5. The fraction of sp³-hybridized carbons (Fsp3) is 0.800. The Morgan fingerprint density at radius 3 is 1.23 bits per heavy atom. The summed E-state index contributed by atoms with van der Waals surface area (Å²) < 4.78 is -0.183. The van der Waals surface area contributed by atoms with Crippen LogP contribution in [-0.2, 0) is 0 Å². The van der Waals surface area contributed by atoms with Crippen molar-refractivity contribution in [3.8, 4) is 0 Å². The normalized spacial score (nSPS) is 9.77. The van der Waals surface area contributed by atoms with E-state index in [9.17, 15) is 0 Å². The Hall–Kier alpha value is 1.79. The maximum Gasteiger partial charge on any atom is 0.103 e. The highest BCUT2D eigenvalue weighted by atomic mass is 80.0. The zero-order valence-electron chi connectivity index (χ0n) is 16.3. The smallest absolute Gasteiger partial charge is 0.103 e. The standard InChI is InChI=1S/C10H19Br.C10H20O.Br3P/c2*1-2-3-4-5-6-7-8-9-10-11;1-4(2)3/h2H,1,3-10H2;2,11H,1,3-10H2;. The molecule has 0 bridgehead atoms. The Kier molecular flexibility index (Phi) is 42.8. The van der Waals surface area contributed by atoms with Gasteiger partial charge in [0.2, 0.25) is 0 Å². The summed E-state index contributed by atoms with van der Waals surface area (Å²) >= 11 is 12.9. The van der Waals surface area contributed by atoms with Gasteiger partial charge in [-0.05, 0) is 85.0 Å². The lowest BCUT2D eigenvalue weighted by atomic mass is 10.1. The number of hydrogen-bond acceptors (Lipinski definition) is 1. The molecule has 0 aromatic rings. The van der Waals surface area contributed by atoms with E-state index < -0.39 is 0 Å². The lowest BCUT2D eigenvalue weighted by Gasteiger charge is -1.97. The molecule has 0 radical (unpaired) electrons. The predicted octanol–water partition coefficient (Wildman–Crippen LogP) is 10.6. The fourth-order valence-corrected chi connectivity index (χ4v) is 2.59. The van der Waals surface area contributed by atoms with Gasteiger partial charge in [0.15, 0.2) is 0 Å². The van der Waals surface area contributed by atoms with Crippen LogP contribution >= 0.6 is 66.4 Å². The second kappa shape index (κ2) is 34.3. The van der Waals surface area contributed by atoms with E-state index in [0.717, 1.165) is 12.8 Å². The molecule has 0 unspecified atom stereocenters. The second-order valence-corrected chi connectivity index (χ2v) is 22.1. The minimum absolute atomic E-state index is 0.183. The van der Waals surface area contributed by atoms with Crippen LogP contribution in [0.4, 0.5) is 0 Å². The third-order valence-electron chi connectivity index (χ3n) is 3.61. The molecule has 0 rings (SSSR count). The summed E-state index contributed by atoms with van der Waals surface area (Å²) in [4.78, 5) is 0. The average molecular weight is 646 g/mol. The number of halogens is 4. The fourth-order valence-electron chi connectivity index (χ4n) is 2.20. The van der Waals surface area contributed by atoms with Crippen LogP contribution in [-0.4, -0.2) is 17.0 Å². The quantitative estimate of drug-likeness (QED) is 0.0766. The third kappa shape index (κ3) is 50.1. The van der Waals surface area contributed by atoms with E-state index >= 15 is 0 Å². The van der Waals surface area contributed by atoms with Crippen LogP contribution < -0.4 is 0 Å². The molecule has 0 aromatic carbocycles. The van der Waals surface area contributed by atoms with E-state index in [1.54, 1.807) is 0 Å². The van der Waals surface area contributed by atoms with Crippen molar-refractivity contribution in [1.82, 2.24) is 0 Å². The van der Waals surface area contributed by atoms with E-state index in [2.05, 4.69) is 75.6 Å². The minimum Gasteiger partial charge on any atom is -0.396 e. The van der Waals surface area contributed by atoms with Crippen LogP contribution in [0.3, 0.4) is 0 Å². The highest BCUT2D eigenvalue weighted by Gasteiger charge is 1.89. The monoisotopic (exact) mass is 642 g/mol. The summed E-state index contributed by atoms with van der Waals surface area (Å²) in [6.45, 7) is 7.73. The van der Waals surface area contributed by atoms with Gasteiger partial charge in [-0.3, -0.25) is 0 Å². The average Bonchev–Trinajstić information content (AvgIpc) is 2.60. The van der Waals surface area contributed by atoms with E-state index in [1.165, 1.54) is 82.4 Å². The van der Waals surface area contributed by atoms with Crippen molar-refractivity contribution >= 4 is 66.4 Å². The van der Waals surface area contributed by atoms with E-state index in [4.69, 9.17) is 5.11 Å². The van der Waals surface area contributed by atoms with E-state index in [-0.39, 0.29) is 4.03 Å². The van der Waals surface area contributed by atoms with Gasteiger partial charge in [-0.2, -0.15) is 0 Å². The van der Waals surface area contributed by atoms with Gasteiger partial charge in [-0.1, -0.05) is 79.4 Å². The van der Waals surface area contributed by atoms with Crippen LogP contribution in [0, 0.1) is 0 Å². The zero-order chi connectivity index (χ0) is 20.3. The molecule has 26 heavy (non-hydrogen) atoms. The van der Waals surface area contributed by atoms with Gasteiger partial charge in [0.25, 0.3) is 0 Å². The van der Waals surface area contributed by atoms with Crippen molar-refractivity contribution in [2.45, 2.75) is 89.9 Å². The predicted molar refractivity (Wildman–Crippen MR) is 140 cm³/mol.